The maximum absolute atomic E-state index is 12.4. The fourth-order valence-corrected chi connectivity index (χ4v) is 3.81. The van der Waals surface area contributed by atoms with Crippen LogP contribution in [0, 0.1) is 0 Å². The van der Waals surface area contributed by atoms with Gasteiger partial charge in [0.05, 0.1) is 22.8 Å². The second-order valence-corrected chi connectivity index (χ2v) is 8.07. The summed E-state index contributed by atoms with van der Waals surface area (Å²) in [5.74, 6) is -0.587. The van der Waals surface area contributed by atoms with Crippen LogP contribution in [0.4, 0.5) is 5.69 Å². The largest absolute Gasteiger partial charge is 0.495 e. The van der Waals surface area contributed by atoms with Crippen molar-refractivity contribution in [1.82, 2.24) is 0 Å². The highest BCUT2D eigenvalue weighted by molar-refractivity contribution is 7.91. The topological polar surface area (TPSA) is 89.5 Å². The quantitative estimate of drug-likeness (QED) is 0.726. The lowest BCUT2D eigenvalue weighted by atomic mass is 10.1. The van der Waals surface area contributed by atoms with Crippen LogP contribution >= 0.6 is 11.6 Å². The van der Waals surface area contributed by atoms with Gasteiger partial charge in [-0.1, -0.05) is 23.7 Å². The minimum atomic E-state index is -3.67. The van der Waals surface area contributed by atoms with Crippen LogP contribution in [-0.4, -0.2) is 33.0 Å². The summed E-state index contributed by atoms with van der Waals surface area (Å²) in [6.45, 7) is 1.42. The molecule has 0 atom stereocenters. The fraction of sp³-hybridized carbons (Fsp3) is 0.222. The number of hydrogen-bond donors (Lipinski definition) is 1. The normalized spacial score (nSPS) is 11.0. The number of amides is 1. The molecule has 0 heterocycles. The zero-order chi connectivity index (χ0) is 19.3. The number of nitrogens with one attached hydrogen (secondary N) is 1. The van der Waals surface area contributed by atoms with E-state index in [-0.39, 0.29) is 27.9 Å². The van der Waals surface area contributed by atoms with Crippen LogP contribution in [0.5, 0.6) is 5.75 Å². The summed E-state index contributed by atoms with van der Waals surface area (Å²) in [6.07, 6.45) is -0.226. The maximum atomic E-state index is 12.4. The van der Waals surface area contributed by atoms with Gasteiger partial charge in [-0.2, -0.15) is 0 Å². The van der Waals surface area contributed by atoms with Crippen molar-refractivity contribution < 1.29 is 22.7 Å². The fourth-order valence-electron chi connectivity index (χ4n) is 2.22. The number of sulfone groups is 1. The van der Waals surface area contributed by atoms with E-state index in [9.17, 15) is 18.0 Å². The van der Waals surface area contributed by atoms with Gasteiger partial charge in [0, 0.05) is 17.7 Å². The molecule has 0 spiro atoms. The Morgan fingerprint density at radius 3 is 2.50 bits per heavy atom. The molecule has 2 aromatic rings. The van der Waals surface area contributed by atoms with E-state index in [1.165, 1.54) is 38.3 Å². The molecular weight excluding hydrogens is 378 g/mol. The molecule has 0 bridgehead atoms. The van der Waals surface area contributed by atoms with Crippen LogP contribution in [0.2, 0.25) is 5.02 Å². The summed E-state index contributed by atoms with van der Waals surface area (Å²) in [6, 6.07) is 10.6. The SMILES string of the molecule is COc1ccc(S(=O)(=O)CCC(=O)Nc2cccc(C(C)=O)c2)cc1Cl. The highest BCUT2D eigenvalue weighted by Gasteiger charge is 2.18. The van der Waals surface area contributed by atoms with Crippen LogP contribution in [0.25, 0.3) is 0 Å². The summed E-state index contributed by atoms with van der Waals surface area (Å²) in [7, 11) is -2.24. The second kappa shape index (κ2) is 8.33. The zero-order valence-electron chi connectivity index (χ0n) is 14.3. The van der Waals surface area contributed by atoms with E-state index < -0.39 is 15.7 Å². The van der Waals surface area contributed by atoms with E-state index in [2.05, 4.69) is 5.32 Å². The molecule has 0 saturated heterocycles. The molecule has 8 heteroatoms. The van der Waals surface area contributed by atoms with Crippen molar-refractivity contribution in [2.45, 2.75) is 18.2 Å². The third kappa shape index (κ3) is 5.06. The molecule has 0 saturated carbocycles. The van der Waals surface area contributed by atoms with Crippen LogP contribution in [0.3, 0.4) is 0 Å². The molecular formula is C18H18ClNO5S. The summed E-state index contributed by atoms with van der Waals surface area (Å²) < 4.78 is 29.7. The predicted octanol–water partition coefficient (Wildman–Crippen LogP) is 3.35. The summed E-state index contributed by atoms with van der Waals surface area (Å²) in [5.41, 5.74) is 0.899. The molecule has 0 fully saturated rings. The Labute approximate surface area is 157 Å². The average molecular weight is 396 g/mol. The Morgan fingerprint density at radius 2 is 1.88 bits per heavy atom. The lowest BCUT2D eigenvalue weighted by Crippen LogP contribution is -2.17. The highest BCUT2D eigenvalue weighted by Crippen LogP contribution is 2.27. The van der Waals surface area contributed by atoms with Crippen molar-refractivity contribution in [2.24, 2.45) is 0 Å². The maximum Gasteiger partial charge on any atom is 0.225 e. The molecule has 138 valence electrons. The molecule has 0 aliphatic rings. The Morgan fingerprint density at radius 1 is 1.15 bits per heavy atom. The number of halogens is 1. The van der Waals surface area contributed by atoms with Crippen LogP contribution in [-0.2, 0) is 14.6 Å². The van der Waals surface area contributed by atoms with E-state index >= 15 is 0 Å². The lowest BCUT2D eigenvalue weighted by molar-refractivity contribution is -0.115. The van der Waals surface area contributed by atoms with Gasteiger partial charge in [-0.15, -0.1) is 0 Å². The summed E-state index contributed by atoms with van der Waals surface area (Å²) in [4.78, 5) is 23.4. The lowest BCUT2D eigenvalue weighted by Gasteiger charge is -2.09. The molecule has 0 unspecified atom stereocenters. The summed E-state index contributed by atoms with van der Waals surface area (Å²) in [5, 5.41) is 2.77. The van der Waals surface area contributed by atoms with Crippen molar-refractivity contribution in [3.05, 3.63) is 53.1 Å². The molecule has 26 heavy (non-hydrogen) atoms. The number of ketones is 1. The minimum Gasteiger partial charge on any atom is -0.495 e. The number of benzene rings is 2. The van der Waals surface area contributed by atoms with Gasteiger partial charge in [0.15, 0.2) is 15.6 Å². The second-order valence-electron chi connectivity index (χ2n) is 5.55. The molecule has 1 amide bonds. The van der Waals surface area contributed by atoms with Gasteiger partial charge in [-0.05, 0) is 37.3 Å². The van der Waals surface area contributed by atoms with E-state index in [4.69, 9.17) is 16.3 Å². The number of rotatable bonds is 7. The van der Waals surface area contributed by atoms with Gasteiger partial charge < -0.3 is 10.1 Å². The summed E-state index contributed by atoms with van der Waals surface area (Å²) >= 11 is 5.95. The van der Waals surface area contributed by atoms with Crippen molar-refractivity contribution in [2.75, 3.05) is 18.2 Å². The third-order valence-corrected chi connectivity index (χ3v) is 5.64. The van der Waals surface area contributed by atoms with E-state index in [1.807, 2.05) is 0 Å². The molecule has 0 aliphatic heterocycles. The number of carbonyl (C=O) groups is 2. The number of methoxy groups -OCH3 is 1. The Bertz CT molecular complexity index is 940. The van der Waals surface area contributed by atoms with E-state index in [1.54, 1.807) is 18.2 Å². The van der Waals surface area contributed by atoms with Crippen molar-refractivity contribution in [3.63, 3.8) is 0 Å². The molecule has 0 aliphatic carbocycles. The number of ether oxygens (including phenoxy) is 1. The number of hydrogen-bond acceptors (Lipinski definition) is 5. The monoisotopic (exact) mass is 395 g/mol. The first kappa shape index (κ1) is 19.9. The van der Waals surface area contributed by atoms with Crippen LogP contribution < -0.4 is 10.1 Å². The number of carbonyl (C=O) groups excluding carboxylic acids is 2. The smallest absolute Gasteiger partial charge is 0.225 e. The van der Waals surface area contributed by atoms with E-state index in [0.717, 1.165) is 0 Å². The molecule has 2 rings (SSSR count). The van der Waals surface area contributed by atoms with Gasteiger partial charge in [-0.3, -0.25) is 9.59 Å². The van der Waals surface area contributed by atoms with Crippen LogP contribution in [0.15, 0.2) is 47.4 Å². The van der Waals surface area contributed by atoms with Gasteiger partial charge >= 0.3 is 0 Å². The molecule has 0 aromatic heterocycles. The molecule has 0 radical (unpaired) electrons. The first-order valence-corrected chi connectivity index (χ1v) is 9.73. The zero-order valence-corrected chi connectivity index (χ0v) is 15.9. The first-order chi connectivity index (χ1) is 12.2. The predicted molar refractivity (Wildman–Crippen MR) is 99.8 cm³/mol. The van der Waals surface area contributed by atoms with Gasteiger partial charge in [0.2, 0.25) is 5.91 Å². The van der Waals surface area contributed by atoms with Crippen molar-refractivity contribution in [3.8, 4) is 5.75 Å². The minimum absolute atomic E-state index is 0.0228. The van der Waals surface area contributed by atoms with Gasteiger partial charge in [0.25, 0.3) is 0 Å². The Hall–Kier alpha value is -2.38. The Balaban J connectivity index is 2.03. The standard InChI is InChI=1S/C18H18ClNO5S/c1-12(21)13-4-3-5-14(10-13)20-18(22)8-9-26(23,24)15-6-7-17(25-2)16(19)11-15/h3-7,10-11H,8-9H2,1-2H3,(H,20,22). The van der Waals surface area contributed by atoms with E-state index in [0.29, 0.717) is 17.0 Å². The van der Waals surface area contributed by atoms with Gasteiger partial charge in [-0.25, -0.2) is 8.42 Å². The molecule has 6 nitrogen and oxygen atoms in total. The Kier molecular flexibility index (Phi) is 6.39. The van der Waals surface area contributed by atoms with Crippen molar-refractivity contribution in [1.29, 1.82) is 0 Å². The molecule has 2 aromatic carbocycles. The average Bonchev–Trinajstić information content (AvgIpc) is 2.60. The third-order valence-electron chi connectivity index (χ3n) is 3.63. The van der Waals surface area contributed by atoms with Crippen molar-refractivity contribution >= 4 is 38.8 Å². The van der Waals surface area contributed by atoms with Gasteiger partial charge in [0.1, 0.15) is 5.75 Å². The first-order valence-electron chi connectivity index (χ1n) is 7.70. The van der Waals surface area contributed by atoms with Crippen LogP contribution in [0.1, 0.15) is 23.7 Å². The molecule has 1 N–H and O–H groups in total. The number of Topliss-reactive ketones (excluding diaryl/α,β-unsaturated/α-hetero) is 1. The highest BCUT2D eigenvalue weighted by atomic mass is 35.5. The number of anilines is 1.